The molecular formula is C21H38N4O3. The topological polar surface area (TPSA) is 74.9 Å². The average Bonchev–Trinajstić information content (AvgIpc) is 3.38. The maximum absolute atomic E-state index is 12.7. The third-order valence-electron chi connectivity index (χ3n) is 7.23. The number of carbonyl (C=O) groups excluding carboxylic acids is 1. The zero-order chi connectivity index (χ0) is 19.3. The molecule has 2 saturated heterocycles. The molecule has 28 heavy (non-hydrogen) atoms. The number of hydrogen-bond donors (Lipinski definition) is 3. The number of carbonyl (C=O) groups is 1. The molecular weight excluding hydrogens is 356 g/mol. The molecule has 4 aliphatic rings. The predicted octanol–water partition coefficient (Wildman–Crippen LogP) is 1.74. The Kier molecular flexibility index (Phi) is 7.22. The van der Waals surface area contributed by atoms with Gasteiger partial charge in [0.1, 0.15) is 6.04 Å². The van der Waals surface area contributed by atoms with Gasteiger partial charge in [0, 0.05) is 39.1 Å². The van der Waals surface area contributed by atoms with Crippen molar-refractivity contribution in [3.63, 3.8) is 0 Å². The molecule has 4 fully saturated rings. The lowest BCUT2D eigenvalue weighted by Crippen LogP contribution is -2.47. The van der Waals surface area contributed by atoms with E-state index in [0.29, 0.717) is 5.92 Å². The van der Waals surface area contributed by atoms with Gasteiger partial charge >= 0.3 is 0 Å². The highest BCUT2D eigenvalue weighted by atomic mass is 16.7. The summed E-state index contributed by atoms with van der Waals surface area (Å²) in [7, 11) is 1.79. The summed E-state index contributed by atoms with van der Waals surface area (Å²) >= 11 is 0. The van der Waals surface area contributed by atoms with Crippen molar-refractivity contribution in [1.29, 1.82) is 0 Å². The Hall–Kier alpha value is -0.730. The molecule has 0 bridgehead atoms. The zero-order valence-electron chi connectivity index (χ0n) is 17.3. The Morgan fingerprint density at radius 1 is 1.14 bits per heavy atom. The largest absolute Gasteiger partial charge is 0.381 e. The number of nitrogens with one attached hydrogen (secondary N) is 3. The van der Waals surface area contributed by atoms with Crippen LogP contribution in [0.4, 0.5) is 0 Å². The summed E-state index contributed by atoms with van der Waals surface area (Å²) in [6.07, 6.45) is 12.6. The van der Waals surface area contributed by atoms with Crippen LogP contribution in [0.1, 0.15) is 64.2 Å². The SMILES string of the molecule is COC1CCCCC1C1CC(C(=O)NC2CNN(CC3CCCCC3)C2)NO1. The first-order chi connectivity index (χ1) is 13.7. The van der Waals surface area contributed by atoms with Crippen LogP contribution in [-0.4, -0.2) is 62.0 Å². The van der Waals surface area contributed by atoms with E-state index in [-0.39, 0.29) is 30.2 Å². The van der Waals surface area contributed by atoms with Gasteiger partial charge in [-0.3, -0.25) is 15.1 Å². The Morgan fingerprint density at radius 2 is 1.93 bits per heavy atom. The standard InChI is InChI=1S/C21H38N4O3/c1-27-19-10-6-5-9-17(19)20-11-18(24-28-20)21(26)23-16-12-22-25(14-16)13-15-7-3-2-4-8-15/h15-20,22,24H,2-14H2,1H3,(H,23,26). The maximum atomic E-state index is 12.7. The van der Waals surface area contributed by atoms with E-state index in [1.54, 1.807) is 7.11 Å². The first kappa shape index (κ1) is 20.5. The van der Waals surface area contributed by atoms with Crippen LogP contribution < -0.4 is 16.2 Å². The zero-order valence-corrected chi connectivity index (χ0v) is 17.3. The van der Waals surface area contributed by atoms with E-state index in [1.807, 2.05) is 0 Å². The van der Waals surface area contributed by atoms with Gasteiger partial charge in [-0.2, -0.15) is 5.48 Å². The third-order valence-corrected chi connectivity index (χ3v) is 7.23. The van der Waals surface area contributed by atoms with Gasteiger partial charge in [0.2, 0.25) is 5.91 Å². The highest BCUT2D eigenvalue weighted by molar-refractivity contribution is 5.82. The van der Waals surface area contributed by atoms with Crippen molar-refractivity contribution in [1.82, 2.24) is 21.2 Å². The molecule has 5 atom stereocenters. The summed E-state index contributed by atoms with van der Waals surface area (Å²) in [5.74, 6) is 1.27. The second-order valence-corrected chi connectivity index (χ2v) is 9.26. The normalized spacial score (nSPS) is 38.0. The molecule has 5 unspecified atom stereocenters. The minimum Gasteiger partial charge on any atom is -0.381 e. The van der Waals surface area contributed by atoms with Crippen molar-refractivity contribution < 1.29 is 14.4 Å². The van der Waals surface area contributed by atoms with Gasteiger partial charge < -0.3 is 10.1 Å². The van der Waals surface area contributed by atoms with Gasteiger partial charge in [0.15, 0.2) is 0 Å². The first-order valence-electron chi connectivity index (χ1n) is 11.5. The Labute approximate surface area is 169 Å². The fourth-order valence-corrected chi connectivity index (χ4v) is 5.62. The molecule has 7 nitrogen and oxygen atoms in total. The number of methoxy groups -OCH3 is 1. The van der Waals surface area contributed by atoms with Crippen molar-refractivity contribution in [2.45, 2.75) is 88.5 Å². The molecule has 3 N–H and O–H groups in total. The van der Waals surface area contributed by atoms with Gasteiger partial charge in [-0.1, -0.05) is 32.1 Å². The van der Waals surface area contributed by atoms with Crippen molar-refractivity contribution >= 4 is 5.91 Å². The van der Waals surface area contributed by atoms with Crippen LogP contribution in [0.15, 0.2) is 0 Å². The molecule has 0 aromatic rings. The van der Waals surface area contributed by atoms with Gasteiger partial charge in [0.05, 0.1) is 18.2 Å². The summed E-state index contributed by atoms with van der Waals surface area (Å²) in [6, 6.07) is -0.0739. The fourth-order valence-electron chi connectivity index (χ4n) is 5.62. The predicted molar refractivity (Wildman–Crippen MR) is 107 cm³/mol. The second kappa shape index (κ2) is 9.85. The van der Waals surface area contributed by atoms with Crippen molar-refractivity contribution in [2.75, 3.05) is 26.7 Å². The number of amides is 1. The van der Waals surface area contributed by atoms with E-state index >= 15 is 0 Å². The summed E-state index contributed by atoms with van der Waals surface area (Å²) in [6.45, 7) is 2.83. The van der Waals surface area contributed by atoms with Crippen molar-refractivity contribution in [3.8, 4) is 0 Å². The van der Waals surface area contributed by atoms with E-state index in [1.165, 1.54) is 44.9 Å². The summed E-state index contributed by atoms with van der Waals surface area (Å²) < 4.78 is 5.67. The molecule has 4 rings (SSSR count). The lowest BCUT2D eigenvalue weighted by atomic mass is 9.81. The molecule has 2 aliphatic heterocycles. The number of nitrogens with zero attached hydrogens (tertiary/aromatic N) is 1. The second-order valence-electron chi connectivity index (χ2n) is 9.26. The minimum absolute atomic E-state index is 0.0681. The molecule has 0 aromatic heterocycles. The summed E-state index contributed by atoms with van der Waals surface area (Å²) in [5, 5.41) is 5.53. The van der Waals surface area contributed by atoms with E-state index in [2.05, 4.69) is 21.2 Å². The average molecular weight is 395 g/mol. The molecule has 2 saturated carbocycles. The Morgan fingerprint density at radius 3 is 2.75 bits per heavy atom. The summed E-state index contributed by atoms with van der Waals surface area (Å²) in [4.78, 5) is 18.6. The molecule has 2 aliphatic carbocycles. The van der Waals surface area contributed by atoms with Crippen molar-refractivity contribution in [2.24, 2.45) is 11.8 Å². The van der Waals surface area contributed by atoms with Gasteiger partial charge in [-0.15, -0.1) is 0 Å². The molecule has 0 aromatic carbocycles. The lowest BCUT2D eigenvalue weighted by molar-refractivity contribution is -0.125. The monoisotopic (exact) mass is 394 g/mol. The van der Waals surface area contributed by atoms with E-state index in [0.717, 1.165) is 44.8 Å². The Balaban J connectivity index is 1.20. The number of ether oxygens (including phenoxy) is 1. The van der Waals surface area contributed by atoms with Crippen LogP contribution in [0.5, 0.6) is 0 Å². The highest BCUT2D eigenvalue weighted by Crippen LogP contribution is 2.33. The number of hydroxylamine groups is 1. The fraction of sp³-hybridized carbons (Fsp3) is 0.952. The van der Waals surface area contributed by atoms with E-state index in [4.69, 9.17) is 9.57 Å². The number of rotatable bonds is 6. The van der Waals surface area contributed by atoms with E-state index in [9.17, 15) is 4.79 Å². The van der Waals surface area contributed by atoms with Crippen molar-refractivity contribution in [3.05, 3.63) is 0 Å². The molecule has 1 amide bonds. The third kappa shape index (κ3) is 5.05. The lowest BCUT2D eigenvalue weighted by Gasteiger charge is -2.33. The quantitative estimate of drug-likeness (QED) is 0.637. The smallest absolute Gasteiger partial charge is 0.239 e. The van der Waals surface area contributed by atoms with Crippen LogP contribution in [-0.2, 0) is 14.4 Å². The van der Waals surface area contributed by atoms with Gasteiger partial charge in [-0.05, 0) is 31.6 Å². The van der Waals surface area contributed by atoms with Crippen LogP contribution in [0.25, 0.3) is 0 Å². The van der Waals surface area contributed by atoms with Gasteiger partial charge in [-0.25, -0.2) is 5.01 Å². The van der Waals surface area contributed by atoms with Crippen LogP contribution >= 0.6 is 0 Å². The Bertz CT molecular complexity index is 514. The molecule has 0 radical (unpaired) electrons. The maximum Gasteiger partial charge on any atom is 0.239 e. The molecule has 7 heteroatoms. The van der Waals surface area contributed by atoms with Crippen LogP contribution in [0.3, 0.4) is 0 Å². The molecule has 2 heterocycles. The highest BCUT2D eigenvalue weighted by Gasteiger charge is 2.40. The van der Waals surface area contributed by atoms with Crippen LogP contribution in [0.2, 0.25) is 0 Å². The van der Waals surface area contributed by atoms with E-state index < -0.39 is 0 Å². The molecule has 0 spiro atoms. The first-order valence-corrected chi connectivity index (χ1v) is 11.5. The summed E-state index contributed by atoms with van der Waals surface area (Å²) in [5.41, 5.74) is 6.47. The van der Waals surface area contributed by atoms with Gasteiger partial charge in [0.25, 0.3) is 0 Å². The number of hydrazine groups is 1. The van der Waals surface area contributed by atoms with Crippen LogP contribution in [0, 0.1) is 11.8 Å². The minimum atomic E-state index is -0.253. The molecule has 160 valence electrons. The number of hydrogen-bond acceptors (Lipinski definition) is 6.